The predicted molar refractivity (Wildman–Crippen MR) is 75.7 cm³/mol. The van der Waals surface area contributed by atoms with E-state index in [4.69, 9.17) is 10.00 Å². The Morgan fingerprint density at radius 2 is 1.88 bits per heavy atom. The number of esters is 1. The van der Waals surface area contributed by atoms with E-state index in [0.29, 0.717) is 5.56 Å². The smallest absolute Gasteiger partial charge is 0.411 e. The van der Waals surface area contributed by atoms with Gasteiger partial charge in [-0.2, -0.15) is 18.4 Å². The molecule has 0 aliphatic heterocycles. The molecular formula is C15H15F3N2O4. The van der Waals surface area contributed by atoms with Crippen molar-refractivity contribution in [2.45, 2.75) is 19.2 Å². The van der Waals surface area contributed by atoms with Crippen LogP contribution in [0.25, 0.3) is 0 Å². The third-order valence-corrected chi connectivity index (χ3v) is 2.62. The molecule has 0 aliphatic carbocycles. The second-order valence-electron chi connectivity index (χ2n) is 4.64. The zero-order valence-corrected chi connectivity index (χ0v) is 12.6. The molecule has 0 spiro atoms. The van der Waals surface area contributed by atoms with Crippen LogP contribution in [-0.2, 0) is 20.9 Å². The summed E-state index contributed by atoms with van der Waals surface area (Å²) in [7, 11) is 0. The number of hydrogen-bond donors (Lipinski definition) is 1. The fraction of sp³-hybridized carbons (Fsp3) is 0.400. The number of nitriles is 1. The van der Waals surface area contributed by atoms with Crippen molar-refractivity contribution < 1.29 is 32.2 Å². The largest absolute Gasteiger partial charge is 0.452 e. The highest BCUT2D eigenvalue weighted by Gasteiger charge is 2.27. The summed E-state index contributed by atoms with van der Waals surface area (Å²) in [6, 6.07) is 7.43. The lowest BCUT2D eigenvalue weighted by atomic mass is 10.1. The molecule has 1 amide bonds. The van der Waals surface area contributed by atoms with Crippen LogP contribution in [0.5, 0.6) is 0 Å². The van der Waals surface area contributed by atoms with E-state index < -0.39 is 31.3 Å². The van der Waals surface area contributed by atoms with Gasteiger partial charge in [0.05, 0.1) is 24.7 Å². The molecule has 1 aromatic carbocycles. The van der Waals surface area contributed by atoms with Gasteiger partial charge in [0.25, 0.3) is 5.91 Å². The lowest BCUT2D eigenvalue weighted by Crippen LogP contribution is -2.29. The van der Waals surface area contributed by atoms with Crippen molar-refractivity contribution in [3.8, 4) is 6.07 Å². The normalized spacial score (nSPS) is 10.8. The van der Waals surface area contributed by atoms with Crippen molar-refractivity contribution in [1.29, 1.82) is 5.26 Å². The summed E-state index contributed by atoms with van der Waals surface area (Å²) in [4.78, 5) is 23.0. The number of ether oxygens (including phenoxy) is 2. The molecule has 0 saturated carbocycles. The number of nitrogens with zero attached hydrogens (tertiary/aromatic N) is 1. The molecular weight excluding hydrogens is 329 g/mol. The number of hydrogen-bond acceptors (Lipinski definition) is 5. The second kappa shape index (κ2) is 9.52. The van der Waals surface area contributed by atoms with Crippen LogP contribution >= 0.6 is 0 Å². The maximum absolute atomic E-state index is 11.9. The van der Waals surface area contributed by atoms with E-state index in [1.807, 2.05) is 6.07 Å². The number of rotatable bonds is 8. The lowest BCUT2D eigenvalue weighted by molar-refractivity contribution is -0.176. The summed E-state index contributed by atoms with van der Waals surface area (Å²) in [5.41, 5.74) is 0.615. The van der Waals surface area contributed by atoms with Gasteiger partial charge >= 0.3 is 12.1 Å². The molecule has 0 aliphatic rings. The van der Waals surface area contributed by atoms with Crippen LogP contribution < -0.4 is 5.32 Å². The maximum Gasteiger partial charge on any atom is 0.411 e. The minimum absolute atomic E-state index is 0.150. The van der Waals surface area contributed by atoms with E-state index in [9.17, 15) is 22.8 Å². The van der Waals surface area contributed by atoms with Crippen molar-refractivity contribution in [2.75, 3.05) is 19.8 Å². The zero-order chi connectivity index (χ0) is 18.0. The topological polar surface area (TPSA) is 88.4 Å². The Morgan fingerprint density at radius 3 is 2.46 bits per heavy atom. The summed E-state index contributed by atoms with van der Waals surface area (Å²) in [6.07, 6.45) is -4.24. The van der Waals surface area contributed by atoms with Gasteiger partial charge in [0, 0.05) is 6.54 Å². The summed E-state index contributed by atoms with van der Waals surface area (Å²) in [6.45, 7) is -1.91. The predicted octanol–water partition coefficient (Wildman–Crippen LogP) is 1.95. The minimum Gasteiger partial charge on any atom is -0.452 e. The van der Waals surface area contributed by atoms with Crippen LogP contribution in [-0.4, -0.2) is 37.8 Å². The van der Waals surface area contributed by atoms with Crippen molar-refractivity contribution in [3.05, 3.63) is 35.4 Å². The van der Waals surface area contributed by atoms with E-state index in [1.165, 1.54) is 24.3 Å². The molecule has 0 radical (unpaired) electrons. The molecule has 1 N–H and O–H groups in total. The molecule has 0 aromatic heterocycles. The molecule has 0 heterocycles. The van der Waals surface area contributed by atoms with Gasteiger partial charge in [0.1, 0.15) is 6.61 Å². The van der Waals surface area contributed by atoms with Crippen molar-refractivity contribution >= 4 is 11.9 Å². The SMILES string of the molecule is N#CCCNC(=O)COC(=O)c1ccc(COCC(F)(F)F)cc1. The van der Waals surface area contributed by atoms with Crippen LogP contribution in [0, 0.1) is 11.3 Å². The molecule has 0 unspecified atom stereocenters. The van der Waals surface area contributed by atoms with Gasteiger partial charge in [-0.25, -0.2) is 4.79 Å². The van der Waals surface area contributed by atoms with Crippen molar-refractivity contribution in [1.82, 2.24) is 5.32 Å². The van der Waals surface area contributed by atoms with Crippen LogP contribution in [0.15, 0.2) is 24.3 Å². The monoisotopic (exact) mass is 344 g/mol. The third-order valence-electron chi connectivity index (χ3n) is 2.62. The van der Waals surface area contributed by atoms with Crippen LogP contribution in [0.3, 0.4) is 0 Å². The Kier molecular flexibility index (Phi) is 7.71. The fourth-order valence-corrected chi connectivity index (χ4v) is 1.54. The lowest BCUT2D eigenvalue weighted by Gasteiger charge is -2.08. The van der Waals surface area contributed by atoms with Crippen molar-refractivity contribution in [3.63, 3.8) is 0 Å². The molecule has 1 aromatic rings. The first-order chi connectivity index (χ1) is 11.3. The average Bonchev–Trinajstić information content (AvgIpc) is 2.52. The Labute approximate surface area is 136 Å². The highest BCUT2D eigenvalue weighted by molar-refractivity contribution is 5.91. The first-order valence-corrected chi connectivity index (χ1v) is 6.86. The zero-order valence-electron chi connectivity index (χ0n) is 12.6. The molecule has 130 valence electrons. The van der Waals surface area contributed by atoms with Gasteiger partial charge in [-0.05, 0) is 17.7 Å². The molecule has 9 heteroatoms. The minimum atomic E-state index is -4.39. The summed E-state index contributed by atoms with van der Waals surface area (Å²) >= 11 is 0. The number of alkyl halides is 3. The summed E-state index contributed by atoms with van der Waals surface area (Å²) in [5, 5.41) is 10.7. The van der Waals surface area contributed by atoms with Gasteiger partial charge in [-0.1, -0.05) is 12.1 Å². The highest BCUT2D eigenvalue weighted by Crippen LogP contribution is 2.16. The molecule has 0 bridgehead atoms. The number of halogens is 3. The summed E-state index contributed by atoms with van der Waals surface area (Å²) < 4.78 is 45.1. The molecule has 0 saturated heterocycles. The van der Waals surface area contributed by atoms with Gasteiger partial charge in [-0.15, -0.1) is 0 Å². The molecule has 24 heavy (non-hydrogen) atoms. The van der Waals surface area contributed by atoms with E-state index in [1.54, 1.807) is 0 Å². The number of benzene rings is 1. The van der Waals surface area contributed by atoms with Gasteiger partial charge in [0.15, 0.2) is 6.61 Å². The van der Waals surface area contributed by atoms with E-state index in [-0.39, 0.29) is 25.1 Å². The Morgan fingerprint density at radius 1 is 1.21 bits per heavy atom. The molecule has 6 nitrogen and oxygen atoms in total. The number of nitrogens with one attached hydrogen (secondary N) is 1. The number of amides is 1. The molecule has 1 rings (SSSR count). The van der Waals surface area contributed by atoms with Gasteiger partial charge in [0.2, 0.25) is 0 Å². The Balaban J connectivity index is 2.38. The van der Waals surface area contributed by atoms with E-state index in [2.05, 4.69) is 10.1 Å². The second-order valence-corrected chi connectivity index (χ2v) is 4.64. The maximum atomic E-state index is 11.9. The van der Waals surface area contributed by atoms with Crippen LogP contribution in [0.1, 0.15) is 22.3 Å². The van der Waals surface area contributed by atoms with Crippen LogP contribution in [0.2, 0.25) is 0 Å². The highest BCUT2D eigenvalue weighted by atomic mass is 19.4. The molecule has 0 fully saturated rings. The summed E-state index contributed by atoms with van der Waals surface area (Å²) in [5.74, 6) is -1.27. The first kappa shape index (κ1) is 19.4. The quantitative estimate of drug-likeness (QED) is 0.575. The van der Waals surface area contributed by atoms with Crippen molar-refractivity contribution in [2.24, 2.45) is 0 Å². The van der Waals surface area contributed by atoms with E-state index in [0.717, 1.165) is 0 Å². The Bertz CT molecular complexity index is 594. The third kappa shape index (κ3) is 8.14. The average molecular weight is 344 g/mol. The number of carbonyl (C=O) groups is 2. The first-order valence-electron chi connectivity index (χ1n) is 6.86. The van der Waals surface area contributed by atoms with E-state index >= 15 is 0 Å². The fourth-order valence-electron chi connectivity index (χ4n) is 1.54. The number of carbonyl (C=O) groups excluding carboxylic acids is 2. The Hall–Kier alpha value is -2.60. The standard InChI is InChI=1S/C15H15F3N2O4/c16-15(17,18)10-23-8-11-2-4-12(5-3-11)14(22)24-9-13(21)20-7-1-6-19/h2-5H,1,7-10H2,(H,20,21). The van der Waals surface area contributed by atoms with Gasteiger partial charge in [-0.3, -0.25) is 4.79 Å². The van der Waals surface area contributed by atoms with Gasteiger partial charge < -0.3 is 14.8 Å². The van der Waals surface area contributed by atoms with Crippen LogP contribution in [0.4, 0.5) is 13.2 Å². The molecule has 0 atom stereocenters.